The van der Waals surface area contributed by atoms with E-state index in [1.807, 2.05) is 24.3 Å². The van der Waals surface area contributed by atoms with Crippen LogP contribution in [0.2, 0.25) is 0 Å². The van der Waals surface area contributed by atoms with Crippen LogP contribution in [0.15, 0.2) is 24.3 Å². The largest absolute Gasteiger partial charge is 0.497 e. The van der Waals surface area contributed by atoms with Gasteiger partial charge >= 0.3 is 0 Å². The summed E-state index contributed by atoms with van der Waals surface area (Å²) in [5, 5.41) is 0. The van der Waals surface area contributed by atoms with Gasteiger partial charge in [0.05, 0.1) is 41.2 Å². The van der Waals surface area contributed by atoms with Crippen LogP contribution >= 0.6 is 0 Å². The lowest BCUT2D eigenvalue weighted by Gasteiger charge is -2.23. The minimum absolute atomic E-state index is 0.190. The second kappa shape index (κ2) is 5.12. The molecule has 0 amide bonds. The molecule has 0 saturated heterocycles. The average molecular weight is 222 g/mol. The van der Waals surface area contributed by atoms with Crippen molar-refractivity contribution >= 4 is 5.78 Å². The maximum Gasteiger partial charge on any atom is 0.168 e. The van der Waals surface area contributed by atoms with Crippen LogP contribution < -0.4 is 4.74 Å². The van der Waals surface area contributed by atoms with Gasteiger partial charge in [0.1, 0.15) is 5.75 Å². The highest BCUT2D eigenvalue weighted by atomic mass is 16.5. The van der Waals surface area contributed by atoms with Gasteiger partial charge in [-0.25, -0.2) is 0 Å². The van der Waals surface area contributed by atoms with Gasteiger partial charge in [-0.05, 0) is 24.3 Å². The summed E-state index contributed by atoms with van der Waals surface area (Å²) in [6.45, 7) is 0.852. The first-order chi connectivity index (χ1) is 7.42. The zero-order valence-electron chi connectivity index (χ0n) is 10.5. The van der Waals surface area contributed by atoms with E-state index in [2.05, 4.69) is 21.1 Å². The van der Waals surface area contributed by atoms with Gasteiger partial charge in [-0.2, -0.15) is 0 Å². The Kier molecular flexibility index (Phi) is 4.07. The summed E-state index contributed by atoms with van der Waals surface area (Å²) in [6.07, 6.45) is 0.579. The summed E-state index contributed by atoms with van der Waals surface area (Å²) >= 11 is 0. The standard InChI is InChI=1S/C13H20NO2/c1-14(2,3)10-9-13(15)11-5-7-12(16-4)8-6-11/h5-8H,9-10H2,1-4H3/q+1. The fraction of sp³-hybridized carbons (Fsp3) is 0.462. The first-order valence-corrected chi connectivity index (χ1v) is 5.40. The van der Waals surface area contributed by atoms with Crippen molar-refractivity contribution in [1.29, 1.82) is 0 Å². The molecule has 0 radical (unpaired) electrons. The molecule has 1 rings (SSSR count). The molecule has 1 aromatic rings. The molecule has 0 unspecified atom stereocenters. The number of carbonyl (C=O) groups is 1. The Bertz CT molecular complexity index is 349. The molecular formula is C13H20NO2+. The zero-order valence-corrected chi connectivity index (χ0v) is 10.5. The van der Waals surface area contributed by atoms with Crippen LogP contribution in [0.25, 0.3) is 0 Å². The monoisotopic (exact) mass is 222 g/mol. The second-order valence-corrected chi connectivity index (χ2v) is 4.92. The van der Waals surface area contributed by atoms with Gasteiger partial charge < -0.3 is 9.22 Å². The Labute approximate surface area is 97.2 Å². The van der Waals surface area contributed by atoms with Gasteiger partial charge in [0.2, 0.25) is 0 Å². The number of nitrogens with zero attached hydrogens (tertiary/aromatic N) is 1. The summed E-state index contributed by atoms with van der Waals surface area (Å²) in [4.78, 5) is 11.8. The molecule has 0 aromatic heterocycles. The first-order valence-electron chi connectivity index (χ1n) is 5.40. The van der Waals surface area contributed by atoms with E-state index in [9.17, 15) is 4.79 Å². The van der Waals surface area contributed by atoms with Crippen molar-refractivity contribution in [2.45, 2.75) is 6.42 Å². The number of ketones is 1. The highest BCUT2D eigenvalue weighted by Gasteiger charge is 2.12. The summed E-state index contributed by atoms with van der Waals surface area (Å²) in [5.41, 5.74) is 0.759. The first kappa shape index (κ1) is 12.7. The number of hydrogen-bond acceptors (Lipinski definition) is 2. The molecule has 0 aliphatic rings. The number of benzene rings is 1. The number of hydrogen-bond donors (Lipinski definition) is 0. The minimum Gasteiger partial charge on any atom is -0.497 e. The molecule has 0 aliphatic carbocycles. The van der Waals surface area contributed by atoms with Crippen LogP contribution in [-0.4, -0.2) is 45.1 Å². The molecule has 0 saturated carbocycles. The second-order valence-electron chi connectivity index (χ2n) is 4.92. The van der Waals surface area contributed by atoms with E-state index in [-0.39, 0.29) is 5.78 Å². The van der Waals surface area contributed by atoms with E-state index < -0.39 is 0 Å². The molecule has 0 N–H and O–H groups in total. The predicted octanol–water partition coefficient (Wildman–Crippen LogP) is 1.97. The lowest BCUT2D eigenvalue weighted by Crippen LogP contribution is -2.36. The van der Waals surface area contributed by atoms with Crippen molar-refractivity contribution in [2.75, 3.05) is 34.8 Å². The molecule has 88 valence electrons. The molecule has 3 nitrogen and oxygen atoms in total. The van der Waals surface area contributed by atoms with Gasteiger partial charge in [-0.1, -0.05) is 0 Å². The molecule has 3 heteroatoms. The van der Waals surface area contributed by atoms with Gasteiger partial charge in [0.25, 0.3) is 0 Å². The van der Waals surface area contributed by atoms with Crippen LogP contribution in [0.1, 0.15) is 16.8 Å². The molecule has 0 bridgehead atoms. The van der Waals surface area contributed by atoms with Crippen molar-refractivity contribution in [3.63, 3.8) is 0 Å². The smallest absolute Gasteiger partial charge is 0.168 e. The zero-order chi connectivity index (χ0) is 12.2. The van der Waals surface area contributed by atoms with E-state index in [0.29, 0.717) is 6.42 Å². The number of quaternary nitrogens is 1. The Morgan fingerprint density at radius 1 is 1.19 bits per heavy atom. The molecule has 16 heavy (non-hydrogen) atoms. The van der Waals surface area contributed by atoms with E-state index in [0.717, 1.165) is 22.3 Å². The predicted molar refractivity (Wildman–Crippen MR) is 64.8 cm³/mol. The lowest BCUT2D eigenvalue weighted by molar-refractivity contribution is -0.869. The number of rotatable bonds is 5. The van der Waals surface area contributed by atoms with Crippen molar-refractivity contribution in [3.8, 4) is 5.75 Å². The topological polar surface area (TPSA) is 26.3 Å². The number of ether oxygens (including phenoxy) is 1. The maximum absolute atomic E-state index is 11.8. The SMILES string of the molecule is COc1ccc(C(=O)CC[N+](C)(C)C)cc1. The van der Waals surface area contributed by atoms with Gasteiger partial charge in [0.15, 0.2) is 5.78 Å². The number of carbonyl (C=O) groups excluding carboxylic acids is 1. The average Bonchev–Trinajstić information content (AvgIpc) is 2.25. The van der Waals surface area contributed by atoms with Crippen LogP contribution in [0.3, 0.4) is 0 Å². The highest BCUT2D eigenvalue weighted by Crippen LogP contribution is 2.13. The third kappa shape index (κ3) is 4.03. The highest BCUT2D eigenvalue weighted by molar-refractivity contribution is 5.96. The molecule has 0 fully saturated rings. The molecule has 0 aliphatic heterocycles. The van der Waals surface area contributed by atoms with E-state index in [4.69, 9.17) is 4.74 Å². The quantitative estimate of drug-likeness (QED) is 0.562. The third-order valence-corrected chi connectivity index (χ3v) is 2.42. The van der Waals surface area contributed by atoms with Crippen molar-refractivity contribution < 1.29 is 14.0 Å². The fourth-order valence-corrected chi connectivity index (χ4v) is 1.36. The van der Waals surface area contributed by atoms with Crippen molar-refractivity contribution in [1.82, 2.24) is 0 Å². The van der Waals surface area contributed by atoms with Gasteiger partial charge in [-0.15, -0.1) is 0 Å². The van der Waals surface area contributed by atoms with Crippen LogP contribution in [0.4, 0.5) is 0 Å². The third-order valence-electron chi connectivity index (χ3n) is 2.42. The van der Waals surface area contributed by atoms with Gasteiger partial charge in [0, 0.05) is 5.56 Å². The summed E-state index contributed by atoms with van der Waals surface area (Å²) in [6, 6.07) is 7.27. The van der Waals surface area contributed by atoms with E-state index >= 15 is 0 Å². The fourth-order valence-electron chi connectivity index (χ4n) is 1.36. The minimum atomic E-state index is 0.190. The van der Waals surface area contributed by atoms with Crippen LogP contribution in [-0.2, 0) is 0 Å². The summed E-state index contributed by atoms with van der Waals surface area (Å²) < 4.78 is 5.86. The Balaban J connectivity index is 2.59. The van der Waals surface area contributed by atoms with Crippen molar-refractivity contribution in [3.05, 3.63) is 29.8 Å². The number of Topliss-reactive ketones (excluding diaryl/α,β-unsaturated/α-hetero) is 1. The van der Waals surface area contributed by atoms with Gasteiger partial charge in [-0.3, -0.25) is 4.79 Å². The Hall–Kier alpha value is -1.35. The Morgan fingerprint density at radius 2 is 1.75 bits per heavy atom. The van der Waals surface area contributed by atoms with Crippen molar-refractivity contribution in [2.24, 2.45) is 0 Å². The molecule has 0 spiro atoms. The molecule has 1 aromatic carbocycles. The normalized spacial score (nSPS) is 11.2. The molecule has 0 atom stereocenters. The maximum atomic E-state index is 11.8. The van der Waals surface area contributed by atoms with Crippen LogP contribution in [0, 0.1) is 0 Å². The summed E-state index contributed by atoms with van der Waals surface area (Å²) in [7, 11) is 7.87. The number of methoxy groups -OCH3 is 1. The Morgan fingerprint density at radius 3 is 2.19 bits per heavy atom. The van der Waals surface area contributed by atoms with Crippen LogP contribution in [0.5, 0.6) is 5.75 Å². The summed E-state index contributed by atoms with van der Waals surface area (Å²) in [5.74, 6) is 0.971. The lowest BCUT2D eigenvalue weighted by atomic mass is 10.1. The molecular weight excluding hydrogens is 202 g/mol. The van der Waals surface area contributed by atoms with E-state index in [1.165, 1.54) is 0 Å². The van der Waals surface area contributed by atoms with E-state index in [1.54, 1.807) is 7.11 Å². The molecule has 0 heterocycles.